The molecule has 0 amide bonds. The molecular weight excluding hydrogens is 220 g/mol. The lowest BCUT2D eigenvalue weighted by Crippen LogP contribution is -2.52. The third-order valence-corrected chi connectivity index (χ3v) is 3.52. The molecule has 0 radical (unpaired) electrons. The maximum Gasteiger partial charge on any atom is 0.0737 e. The molecule has 0 aromatic carbocycles. The molecule has 1 atom stereocenters. The first-order chi connectivity index (χ1) is 7.63. The van der Waals surface area contributed by atoms with E-state index in [0.717, 1.165) is 25.6 Å². The van der Waals surface area contributed by atoms with E-state index in [1.54, 1.807) is 0 Å². The van der Waals surface area contributed by atoms with Crippen LogP contribution in [0, 0.1) is 5.92 Å². The van der Waals surface area contributed by atoms with Gasteiger partial charge < -0.3 is 4.18 Å². The maximum absolute atomic E-state index is 4.82. The van der Waals surface area contributed by atoms with Crippen molar-refractivity contribution in [2.45, 2.75) is 33.2 Å². The third kappa shape index (κ3) is 5.04. The molecule has 0 unspecified atom stereocenters. The Morgan fingerprint density at radius 2 is 2.06 bits per heavy atom. The van der Waals surface area contributed by atoms with Gasteiger partial charge in [0.05, 0.1) is 6.61 Å². The molecule has 0 aliphatic carbocycles. The summed E-state index contributed by atoms with van der Waals surface area (Å²) in [5, 5.41) is 0. The molecule has 0 bridgehead atoms. The molecule has 1 saturated heterocycles. The molecule has 0 saturated carbocycles. The molecule has 0 N–H and O–H groups in total. The molecule has 1 heterocycles. The van der Waals surface area contributed by atoms with Gasteiger partial charge in [0.1, 0.15) is 0 Å². The van der Waals surface area contributed by atoms with Gasteiger partial charge in [0.15, 0.2) is 0 Å². The maximum atomic E-state index is 4.82. The second kappa shape index (κ2) is 7.54. The fourth-order valence-electron chi connectivity index (χ4n) is 2.20. The zero-order chi connectivity index (χ0) is 12.0. The monoisotopic (exact) mass is 246 g/mol. The van der Waals surface area contributed by atoms with Gasteiger partial charge in [-0.15, -0.1) is 0 Å². The van der Waals surface area contributed by atoms with Crippen LogP contribution in [0.15, 0.2) is 0 Å². The smallest absolute Gasteiger partial charge is 0.0737 e. The van der Waals surface area contributed by atoms with E-state index in [2.05, 4.69) is 43.5 Å². The molecule has 1 fully saturated rings. The van der Waals surface area contributed by atoms with Crippen LogP contribution in [0.4, 0.5) is 0 Å². The van der Waals surface area contributed by atoms with Crippen molar-refractivity contribution >= 4 is 12.9 Å². The topological polar surface area (TPSA) is 15.7 Å². The first-order valence-electron chi connectivity index (χ1n) is 6.36. The number of nitrogens with zero attached hydrogens (tertiary/aromatic N) is 2. The van der Waals surface area contributed by atoms with Crippen LogP contribution < -0.4 is 0 Å². The highest BCUT2D eigenvalue weighted by Crippen LogP contribution is 2.11. The summed E-state index contributed by atoms with van der Waals surface area (Å²) in [5.41, 5.74) is 0. The Kier molecular flexibility index (Phi) is 6.73. The van der Waals surface area contributed by atoms with Gasteiger partial charge >= 0.3 is 0 Å². The summed E-state index contributed by atoms with van der Waals surface area (Å²) in [5.74, 6) is 0.808. The lowest BCUT2D eigenvalue weighted by molar-refractivity contribution is 0.0731. The number of thiol groups is 1. The van der Waals surface area contributed by atoms with Crippen molar-refractivity contribution in [1.29, 1.82) is 0 Å². The van der Waals surface area contributed by atoms with Gasteiger partial charge in [0.25, 0.3) is 0 Å². The van der Waals surface area contributed by atoms with Crippen LogP contribution in [-0.4, -0.2) is 55.2 Å². The van der Waals surface area contributed by atoms with E-state index in [0.29, 0.717) is 6.04 Å². The first-order valence-corrected chi connectivity index (χ1v) is 6.72. The van der Waals surface area contributed by atoms with E-state index in [1.807, 2.05) is 0 Å². The van der Waals surface area contributed by atoms with E-state index in [-0.39, 0.29) is 0 Å². The molecule has 1 aliphatic heterocycles. The second-order valence-electron chi connectivity index (χ2n) is 5.20. The van der Waals surface area contributed by atoms with Gasteiger partial charge in [0, 0.05) is 32.2 Å². The Morgan fingerprint density at radius 1 is 1.31 bits per heavy atom. The molecule has 3 nitrogen and oxygen atoms in total. The highest BCUT2D eigenvalue weighted by molar-refractivity contribution is 7.75. The van der Waals surface area contributed by atoms with Crippen molar-refractivity contribution in [2.24, 2.45) is 5.92 Å². The molecule has 0 spiro atoms. The summed E-state index contributed by atoms with van der Waals surface area (Å²) >= 11 is 3.78. The average molecular weight is 246 g/mol. The molecule has 0 aromatic rings. The number of hydrogen-bond acceptors (Lipinski definition) is 4. The Hall–Kier alpha value is 0.230. The normalized spacial score (nSPS) is 24.2. The average Bonchev–Trinajstić information content (AvgIpc) is 2.24. The SMILES string of the molecule is CC(C)CCN1CCN(CCOS)C[C@H]1C. The van der Waals surface area contributed by atoms with Crippen LogP contribution in [0.5, 0.6) is 0 Å². The zero-order valence-corrected chi connectivity index (χ0v) is 11.7. The van der Waals surface area contributed by atoms with Crippen molar-refractivity contribution in [3.05, 3.63) is 0 Å². The molecule has 1 rings (SSSR count). The van der Waals surface area contributed by atoms with E-state index in [1.165, 1.54) is 26.1 Å². The Balaban J connectivity index is 2.23. The summed E-state index contributed by atoms with van der Waals surface area (Å²) in [7, 11) is 0. The van der Waals surface area contributed by atoms with Crippen LogP contribution >= 0.6 is 12.9 Å². The molecule has 96 valence electrons. The predicted octanol–water partition coefficient (Wildman–Crippen LogP) is 1.90. The van der Waals surface area contributed by atoms with E-state index >= 15 is 0 Å². The van der Waals surface area contributed by atoms with E-state index < -0.39 is 0 Å². The third-order valence-electron chi connectivity index (χ3n) is 3.34. The number of hydrogen-bond donors (Lipinski definition) is 1. The minimum Gasteiger partial charge on any atom is -0.317 e. The number of rotatable bonds is 6. The van der Waals surface area contributed by atoms with Crippen LogP contribution in [0.3, 0.4) is 0 Å². The highest BCUT2D eigenvalue weighted by Gasteiger charge is 2.22. The summed E-state index contributed by atoms with van der Waals surface area (Å²) in [4.78, 5) is 5.07. The van der Waals surface area contributed by atoms with Crippen molar-refractivity contribution < 1.29 is 4.18 Å². The number of piperazine rings is 1. The Labute approximate surface area is 106 Å². The fourth-order valence-corrected chi connectivity index (χ4v) is 2.28. The van der Waals surface area contributed by atoms with Gasteiger partial charge in [-0.3, -0.25) is 9.80 Å². The van der Waals surface area contributed by atoms with Gasteiger partial charge in [-0.05, 0) is 38.7 Å². The Morgan fingerprint density at radius 3 is 2.62 bits per heavy atom. The minimum atomic E-state index is 0.674. The van der Waals surface area contributed by atoms with Gasteiger partial charge in [-0.2, -0.15) is 0 Å². The molecule has 1 aliphatic rings. The molecule has 16 heavy (non-hydrogen) atoms. The zero-order valence-electron chi connectivity index (χ0n) is 10.9. The van der Waals surface area contributed by atoms with Gasteiger partial charge in [0.2, 0.25) is 0 Å². The van der Waals surface area contributed by atoms with Crippen molar-refractivity contribution in [3.63, 3.8) is 0 Å². The fraction of sp³-hybridized carbons (Fsp3) is 1.00. The minimum absolute atomic E-state index is 0.674. The van der Waals surface area contributed by atoms with Crippen molar-refractivity contribution in [2.75, 3.05) is 39.3 Å². The lowest BCUT2D eigenvalue weighted by atomic mass is 10.1. The molecular formula is C12H26N2OS. The van der Waals surface area contributed by atoms with Crippen LogP contribution in [-0.2, 0) is 4.18 Å². The second-order valence-corrected chi connectivity index (χ2v) is 5.46. The predicted molar refractivity (Wildman–Crippen MR) is 71.9 cm³/mol. The summed E-state index contributed by atoms with van der Waals surface area (Å²) in [6, 6.07) is 0.674. The van der Waals surface area contributed by atoms with Gasteiger partial charge in [-0.1, -0.05) is 13.8 Å². The van der Waals surface area contributed by atoms with Crippen LogP contribution in [0.25, 0.3) is 0 Å². The largest absolute Gasteiger partial charge is 0.317 e. The van der Waals surface area contributed by atoms with Crippen LogP contribution in [0.2, 0.25) is 0 Å². The summed E-state index contributed by atoms with van der Waals surface area (Å²) in [6.45, 7) is 13.4. The van der Waals surface area contributed by atoms with E-state index in [4.69, 9.17) is 4.18 Å². The van der Waals surface area contributed by atoms with Crippen LogP contribution in [0.1, 0.15) is 27.2 Å². The Bertz CT molecular complexity index is 190. The van der Waals surface area contributed by atoms with Crippen molar-refractivity contribution in [1.82, 2.24) is 9.80 Å². The van der Waals surface area contributed by atoms with Gasteiger partial charge in [-0.25, -0.2) is 0 Å². The standard InChI is InChI=1S/C12H26N2OS/c1-11(2)4-5-14-7-6-13(8-9-15-16)10-12(14)3/h11-12,16H,4-10H2,1-3H3/t12-/m1/s1. The molecule has 0 aromatic heterocycles. The van der Waals surface area contributed by atoms with E-state index in [9.17, 15) is 0 Å². The summed E-state index contributed by atoms with van der Waals surface area (Å²) in [6.07, 6.45) is 1.31. The quantitative estimate of drug-likeness (QED) is 0.569. The molecule has 4 heteroatoms. The lowest BCUT2D eigenvalue weighted by Gasteiger charge is -2.40. The first kappa shape index (κ1) is 14.3. The summed E-state index contributed by atoms with van der Waals surface area (Å²) < 4.78 is 4.82. The van der Waals surface area contributed by atoms with Crippen molar-refractivity contribution in [3.8, 4) is 0 Å². The highest BCUT2D eigenvalue weighted by atomic mass is 32.1.